The van der Waals surface area contributed by atoms with Crippen LogP contribution in [0.25, 0.3) is 0 Å². The van der Waals surface area contributed by atoms with Gasteiger partial charge in [0.2, 0.25) is 0 Å². The first-order valence-corrected chi connectivity index (χ1v) is 9.67. The van der Waals surface area contributed by atoms with Crippen LogP contribution in [0.3, 0.4) is 0 Å². The predicted molar refractivity (Wildman–Crippen MR) is 107 cm³/mol. The van der Waals surface area contributed by atoms with Gasteiger partial charge in [0.1, 0.15) is 0 Å². The Morgan fingerprint density at radius 1 is 1.00 bits per heavy atom. The molecule has 0 spiro atoms. The third-order valence-electron chi connectivity index (χ3n) is 4.76. The van der Waals surface area contributed by atoms with Crippen molar-refractivity contribution in [3.63, 3.8) is 0 Å². The Hall–Kier alpha value is -1.59. The molecule has 1 heterocycles. The van der Waals surface area contributed by atoms with Crippen molar-refractivity contribution in [1.29, 1.82) is 0 Å². The molecule has 2 N–H and O–H groups in total. The van der Waals surface area contributed by atoms with Crippen LogP contribution in [0.4, 0.5) is 0 Å². The van der Waals surface area contributed by atoms with Gasteiger partial charge < -0.3 is 20.4 Å². The van der Waals surface area contributed by atoms with E-state index >= 15 is 0 Å². The molecule has 5 nitrogen and oxygen atoms in total. The molecular weight excluding hydrogens is 310 g/mol. The zero-order valence-corrected chi connectivity index (χ0v) is 16.0. The van der Waals surface area contributed by atoms with Crippen LogP contribution in [0.1, 0.15) is 24.8 Å². The number of hydrogen-bond donors (Lipinski definition) is 2. The van der Waals surface area contributed by atoms with Crippen LogP contribution in [0.15, 0.2) is 35.3 Å². The van der Waals surface area contributed by atoms with Crippen molar-refractivity contribution in [3.05, 3.63) is 35.9 Å². The topological polar surface area (TPSA) is 42.9 Å². The summed E-state index contributed by atoms with van der Waals surface area (Å²) in [6.45, 7) is 7.95. The minimum Gasteiger partial charge on any atom is -0.356 e. The minimum atomic E-state index is 0.920. The maximum Gasteiger partial charge on any atom is 0.190 e. The zero-order chi connectivity index (χ0) is 17.7. The second-order valence-electron chi connectivity index (χ2n) is 6.87. The lowest BCUT2D eigenvalue weighted by Crippen LogP contribution is -2.39. The summed E-state index contributed by atoms with van der Waals surface area (Å²) in [6.07, 6.45) is 4.67. The summed E-state index contributed by atoms with van der Waals surface area (Å²) in [5, 5.41) is 6.85. The molecular formula is C20H35N5. The summed E-state index contributed by atoms with van der Waals surface area (Å²) >= 11 is 0. The normalized spacial score (nSPS) is 17.3. The van der Waals surface area contributed by atoms with E-state index in [9.17, 15) is 0 Å². The van der Waals surface area contributed by atoms with E-state index in [1.54, 1.807) is 0 Å². The zero-order valence-electron chi connectivity index (χ0n) is 16.0. The number of nitrogens with zero attached hydrogens (tertiary/aromatic N) is 3. The van der Waals surface area contributed by atoms with Crippen LogP contribution in [0, 0.1) is 0 Å². The van der Waals surface area contributed by atoms with Gasteiger partial charge in [-0.1, -0.05) is 30.3 Å². The van der Waals surface area contributed by atoms with Crippen molar-refractivity contribution in [1.82, 2.24) is 20.4 Å². The van der Waals surface area contributed by atoms with E-state index in [0.717, 1.165) is 38.3 Å². The third kappa shape index (κ3) is 8.36. The van der Waals surface area contributed by atoms with Crippen molar-refractivity contribution in [2.45, 2.75) is 25.7 Å². The van der Waals surface area contributed by atoms with E-state index in [4.69, 9.17) is 0 Å². The Balaban J connectivity index is 1.53. The van der Waals surface area contributed by atoms with E-state index in [2.05, 4.69) is 62.8 Å². The SMILES string of the molecule is CN=C(NCCCc1ccccc1)NCCCN1CCCN(C)CC1. The molecule has 1 aliphatic rings. The summed E-state index contributed by atoms with van der Waals surface area (Å²) in [6, 6.07) is 10.6. The van der Waals surface area contributed by atoms with Crippen molar-refractivity contribution >= 4 is 5.96 Å². The fraction of sp³-hybridized carbons (Fsp3) is 0.650. The summed E-state index contributed by atoms with van der Waals surface area (Å²) in [7, 11) is 4.07. The Morgan fingerprint density at radius 2 is 1.76 bits per heavy atom. The van der Waals surface area contributed by atoms with Crippen molar-refractivity contribution in [2.24, 2.45) is 4.99 Å². The Labute approximate surface area is 153 Å². The molecule has 0 aliphatic carbocycles. The summed E-state index contributed by atoms with van der Waals surface area (Å²) in [5.74, 6) is 0.920. The average molecular weight is 346 g/mol. The van der Waals surface area contributed by atoms with Gasteiger partial charge in [0.15, 0.2) is 5.96 Å². The highest BCUT2D eigenvalue weighted by Gasteiger charge is 2.11. The fourth-order valence-electron chi connectivity index (χ4n) is 3.20. The van der Waals surface area contributed by atoms with Crippen molar-refractivity contribution in [3.8, 4) is 0 Å². The molecule has 1 saturated heterocycles. The highest BCUT2D eigenvalue weighted by Crippen LogP contribution is 2.02. The largest absolute Gasteiger partial charge is 0.356 e. The molecule has 0 atom stereocenters. The monoisotopic (exact) mass is 345 g/mol. The number of rotatable bonds is 8. The van der Waals surface area contributed by atoms with E-state index < -0.39 is 0 Å². The predicted octanol–water partition coefficient (Wildman–Crippen LogP) is 1.81. The van der Waals surface area contributed by atoms with Gasteiger partial charge in [0, 0.05) is 33.2 Å². The minimum absolute atomic E-state index is 0.920. The molecule has 2 rings (SSSR count). The number of likely N-dealkylation sites (N-methyl/N-ethyl adjacent to an activating group) is 1. The number of benzene rings is 1. The van der Waals surface area contributed by atoms with Crippen LogP contribution in [-0.2, 0) is 6.42 Å². The summed E-state index contributed by atoms with van der Waals surface area (Å²) < 4.78 is 0. The second kappa shape index (κ2) is 11.9. The van der Waals surface area contributed by atoms with E-state index in [-0.39, 0.29) is 0 Å². The molecule has 5 heteroatoms. The number of guanidine groups is 1. The van der Waals surface area contributed by atoms with Crippen LogP contribution in [0.5, 0.6) is 0 Å². The van der Waals surface area contributed by atoms with E-state index in [0.29, 0.717) is 0 Å². The number of aryl methyl sites for hydroxylation is 1. The third-order valence-corrected chi connectivity index (χ3v) is 4.76. The van der Waals surface area contributed by atoms with E-state index in [1.807, 2.05) is 7.05 Å². The molecule has 140 valence electrons. The van der Waals surface area contributed by atoms with Gasteiger partial charge in [-0.05, 0) is 57.9 Å². The van der Waals surface area contributed by atoms with Crippen LogP contribution >= 0.6 is 0 Å². The summed E-state index contributed by atoms with van der Waals surface area (Å²) in [5.41, 5.74) is 1.40. The maximum absolute atomic E-state index is 4.32. The molecule has 1 aromatic rings. The van der Waals surface area contributed by atoms with Crippen molar-refractivity contribution in [2.75, 3.05) is 59.9 Å². The van der Waals surface area contributed by atoms with Crippen molar-refractivity contribution < 1.29 is 0 Å². The number of hydrogen-bond acceptors (Lipinski definition) is 3. The summed E-state index contributed by atoms with van der Waals surface area (Å²) in [4.78, 5) is 9.33. The molecule has 1 fully saturated rings. The molecule has 1 aromatic carbocycles. The Kier molecular flexibility index (Phi) is 9.37. The molecule has 0 amide bonds. The Morgan fingerprint density at radius 3 is 2.52 bits per heavy atom. The van der Waals surface area contributed by atoms with Gasteiger partial charge in [0.05, 0.1) is 0 Å². The number of aliphatic imine (C=N–C) groups is 1. The number of nitrogens with one attached hydrogen (secondary N) is 2. The lowest BCUT2D eigenvalue weighted by atomic mass is 10.1. The first-order chi connectivity index (χ1) is 12.3. The molecule has 0 saturated carbocycles. The maximum atomic E-state index is 4.32. The first-order valence-electron chi connectivity index (χ1n) is 9.67. The van der Waals surface area contributed by atoms with Gasteiger partial charge in [-0.15, -0.1) is 0 Å². The standard InChI is InChI=1S/C20H35N5/c1-21-20(22-12-6-11-19-9-4-3-5-10-19)23-13-7-15-25-16-8-14-24(2)17-18-25/h3-5,9-10H,6-8,11-18H2,1-2H3,(H2,21,22,23). The molecule has 0 aromatic heterocycles. The second-order valence-corrected chi connectivity index (χ2v) is 6.87. The quantitative estimate of drug-likeness (QED) is 0.428. The van der Waals surface area contributed by atoms with Gasteiger partial charge in [-0.3, -0.25) is 4.99 Å². The van der Waals surface area contributed by atoms with Crippen LogP contribution in [0.2, 0.25) is 0 Å². The van der Waals surface area contributed by atoms with Gasteiger partial charge >= 0.3 is 0 Å². The highest BCUT2D eigenvalue weighted by molar-refractivity contribution is 5.79. The molecule has 1 aliphatic heterocycles. The highest BCUT2D eigenvalue weighted by atomic mass is 15.2. The lowest BCUT2D eigenvalue weighted by molar-refractivity contribution is 0.274. The van der Waals surface area contributed by atoms with Gasteiger partial charge in [-0.25, -0.2) is 0 Å². The van der Waals surface area contributed by atoms with E-state index in [1.165, 1.54) is 44.7 Å². The molecule has 0 unspecified atom stereocenters. The molecule has 0 radical (unpaired) electrons. The fourth-order valence-corrected chi connectivity index (χ4v) is 3.20. The van der Waals surface area contributed by atoms with Gasteiger partial charge in [0.25, 0.3) is 0 Å². The first kappa shape index (κ1) is 19.7. The Bertz CT molecular complexity index is 488. The smallest absolute Gasteiger partial charge is 0.190 e. The van der Waals surface area contributed by atoms with Crippen LogP contribution in [-0.4, -0.2) is 75.7 Å². The van der Waals surface area contributed by atoms with Gasteiger partial charge in [-0.2, -0.15) is 0 Å². The van der Waals surface area contributed by atoms with Crippen LogP contribution < -0.4 is 10.6 Å². The lowest BCUT2D eigenvalue weighted by Gasteiger charge is -2.20. The molecule has 25 heavy (non-hydrogen) atoms. The molecule has 0 bridgehead atoms. The average Bonchev–Trinajstić information content (AvgIpc) is 2.85.